The Hall–Kier alpha value is -1.43. The summed E-state index contributed by atoms with van der Waals surface area (Å²) in [6.45, 7) is 4.75. The zero-order valence-corrected chi connectivity index (χ0v) is 11.7. The highest BCUT2D eigenvalue weighted by atomic mass is 19.4. The molecule has 1 aromatic carbocycles. The largest absolute Gasteiger partial charge is 0.416 e. The highest BCUT2D eigenvalue weighted by Crippen LogP contribution is 2.33. The van der Waals surface area contributed by atoms with E-state index in [1.165, 1.54) is 6.07 Å². The van der Waals surface area contributed by atoms with Crippen molar-refractivity contribution in [3.63, 3.8) is 0 Å². The summed E-state index contributed by atoms with van der Waals surface area (Å²) in [6.07, 6.45) is -2.87. The lowest BCUT2D eigenvalue weighted by molar-refractivity contribution is -0.137. The number of rotatable bonds is 6. The van der Waals surface area contributed by atoms with Gasteiger partial charge in [-0.1, -0.05) is 13.8 Å². The first kappa shape index (κ1) is 16.6. The molecule has 0 unspecified atom stereocenters. The molecule has 1 rings (SSSR count). The molecule has 0 aliphatic heterocycles. The Morgan fingerprint density at radius 1 is 1.25 bits per heavy atom. The molecule has 114 valence electrons. The molecule has 20 heavy (non-hydrogen) atoms. The highest BCUT2D eigenvalue weighted by Gasteiger charge is 2.30. The summed E-state index contributed by atoms with van der Waals surface area (Å²) in [6, 6.07) is 3.29. The summed E-state index contributed by atoms with van der Waals surface area (Å²) in [5.41, 5.74) is 5.40. The number of nitrogen functional groups attached to an aromatic ring is 1. The summed E-state index contributed by atoms with van der Waals surface area (Å²) >= 11 is 0. The lowest BCUT2D eigenvalue weighted by Crippen LogP contribution is -2.24. The third-order valence-electron chi connectivity index (χ3n) is 3.15. The smallest absolute Gasteiger partial charge is 0.397 e. The molecule has 0 aliphatic rings. The molecule has 0 aromatic heterocycles. The minimum Gasteiger partial charge on any atom is -0.397 e. The van der Waals surface area contributed by atoms with Crippen LogP contribution >= 0.6 is 0 Å². The number of alkyl halides is 3. The van der Waals surface area contributed by atoms with Crippen LogP contribution in [0, 0.1) is 5.41 Å². The van der Waals surface area contributed by atoms with Gasteiger partial charge >= 0.3 is 6.18 Å². The fraction of sp³-hybridized carbons (Fsp3) is 0.571. The van der Waals surface area contributed by atoms with Crippen molar-refractivity contribution in [3.8, 4) is 0 Å². The highest BCUT2D eigenvalue weighted by molar-refractivity contribution is 5.67. The van der Waals surface area contributed by atoms with E-state index in [0.29, 0.717) is 18.7 Å². The van der Waals surface area contributed by atoms with Crippen molar-refractivity contribution < 1.29 is 18.3 Å². The molecule has 0 saturated heterocycles. The summed E-state index contributed by atoms with van der Waals surface area (Å²) < 4.78 is 37.5. The fourth-order valence-electron chi connectivity index (χ4n) is 1.88. The molecular formula is C14H21F3N2O. The second kappa shape index (κ2) is 6.35. The van der Waals surface area contributed by atoms with Crippen LogP contribution in [0.1, 0.15) is 32.3 Å². The molecule has 1 aromatic rings. The van der Waals surface area contributed by atoms with Gasteiger partial charge in [-0.25, -0.2) is 0 Å². The van der Waals surface area contributed by atoms with Gasteiger partial charge in [0.2, 0.25) is 0 Å². The standard InChI is InChI=1S/C14H21F3N2O/c1-13(2,6-3-7-20)9-19-12-5-4-10(8-11(12)18)14(15,16)17/h4-5,8,19-20H,3,6-7,9,18H2,1-2H3. The van der Waals surface area contributed by atoms with Crippen LogP contribution in [0.5, 0.6) is 0 Å². The number of halogens is 3. The van der Waals surface area contributed by atoms with Gasteiger partial charge in [-0.3, -0.25) is 0 Å². The third-order valence-corrected chi connectivity index (χ3v) is 3.15. The minimum atomic E-state index is -4.38. The van der Waals surface area contributed by atoms with Crippen LogP contribution in [-0.4, -0.2) is 18.3 Å². The fourth-order valence-corrected chi connectivity index (χ4v) is 1.88. The lowest BCUT2D eigenvalue weighted by Gasteiger charge is -2.25. The van der Waals surface area contributed by atoms with Crippen LogP contribution < -0.4 is 11.1 Å². The van der Waals surface area contributed by atoms with Crippen molar-refractivity contribution in [1.29, 1.82) is 0 Å². The van der Waals surface area contributed by atoms with Crippen molar-refractivity contribution in [1.82, 2.24) is 0 Å². The predicted molar refractivity (Wildman–Crippen MR) is 74.4 cm³/mol. The van der Waals surface area contributed by atoms with Crippen molar-refractivity contribution in [2.75, 3.05) is 24.2 Å². The number of anilines is 2. The first-order valence-corrected chi connectivity index (χ1v) is 6.47. The SMILES string of the molecule is CC(C)(CCCO)CNc1ccc(C(F)(F)F)cc1N. The molecule has 0 saturated carbocycles. The van der Waals surface area contributed by atoms with E-state index in [0.717, 1.165) is 18.6 Å². The lowest BCUT2D eigenvalue weighted by atomic mass is 9.88. The Bertz CT molecular complexity index is 445. The van der Waals surface area contributed by atoms with E-state index in [9.17, 15) is 13.2 Å². The molecule has 4 N–H and O–H groups in total. The maximum absolute atomic E-state index is 12.5. The van der Waals surface area contributed by atoms with E-state index in [1.54, 1.807) is 0 Å². The van der Waals surface area contributed by atoms with Gasteiger partial charge in [0.1, 0.15) is 0 Å². The zero-order valence-electron chi connectivity index (χ0n) is 11.7. The number of hydrogen-bond donors (Lipinski definition) is 3. The second-order valence-corrected chi connectivity index (χ2v) is 5.64. The van der Waals surface area contributed by atoms with Crippen molar-refractivity contribution >= 4 is 11.4 Å². The van der Waals surface area contributed by atoms with Crippen molar-refractivity contribution in [2.24, 2.45) is 5.41 Å². The van der Waals surface area contributed by atoms with Gasteiger partial charge < -0.3 is 16.2 Å². The predicted octanol–water partition coefficient (Wildman–Crippen LogP) is 3.50. The van der Waals surface area contributed by atoms with Gasteiger partial charge in [-0.15, -0.1) is 0 Å². The Labute approximate surface area is 117 Å². The van der Waals surface area contributed by atoms with Gasteiger partial charge in [0.15, 0.2) is 0 Å². The molecule has 0 radical (unpaired) electrons. The van der Waals surface area contributed by atoms with E-state index in [-0.39, 0.29) is 17.7 Å². The van der Waals surface area contributed by atoms with Gasteiger partial charge in [0.25, 0.3) is 0 Å². The van der Waals surface area contributed by atoms with Crippen LogP contribution in [-0.2, 0) is 6.18 Å². The van der Waals surface area contributed by atoms with Gasteiger partial charge in [0, 0.05) is 13.2 Å². The summed E-state index contributed by atoms with van der Waals surface area (Å²) in [7, 11) is 0. The van der Waals surface area contributed by atoms with Gasteiger partial charge in [-0.05, 0) is 36.5 Å². The van der Waals surface area contributed by atoms with Crippen molar-refractivity contribution in [3.05, 3.63) is 23.8 Å². The Morgan fingerprint density at radius 2 is 1.90 bits per heavy atom. The average Bonchev–Trinajstić information content (AvgIpc) is 2.34. The molecule has 0 aliphatic carbocycles. The molecule has 0 atom stereocenters. The zero-order chi connectivity index (χ0) is 15.4. The number of aliphatic hydroxyl groups is 1. The molecular weight excluding hydrogens is 269 g/mol. The maximum atomic E-state index is 12.5. The normalized spacial score (nSPS) is 12.5. The monoisotopic (exact) mass is 290 g/mol. The van der Waals surface area contributed by atoms with E-state index in [1.807, 2.05) is 13.8 Å². The van der Waals surface area contributed by atoms with Crippen molar-refractivity contribution in [2.45, 2.75) is 32.9 Å². The summed E-state index contributed by atoms with van der Waals surface area (Å²) in [5.74, 6) is 0. The summed E-state index contributed by atoms with van der Waals surface area (Å²) in [4.78, 5) is 0. The first-order valence-electron chi connectivity index (χ1n) is 6.47. The van der Waals surface area contributed by atoms with Crippen LogP contribution in [0.15, 0.2) is 18.2 Å². The number of nitrogens with one attached hydrogen (secondary N) is 1. The average molecular weight is 290 g/mol. The van der Waals surface area contributed by atoms with Crippen LogP contribution in [0.4, 0.5) is 24.5 Å². The van der Waals surface area contributed by atoms with Crippen LogP contribution in [0.25, 0.3) is 0 Å². The number of nitrogens with two attached hydrogens (primary N) is 1. The number of aliphatic hydroxyl groups excluding tert-OH is 1. The summed E-state index contributed by atoms with van der Waals surface area (Å²) in [5, 5.41) is 11.9. The second-order valence-electron chi connectivity index (χ2n) is 5.64. The first-order chi connectivity index (χ1) is 9.15. The molecule has 0 heterocycles. The molecule has 3 nitrogen and oxygen atoms in total. The molecule has 0 spiro atoms. The van der Waals surface area contributed by atoms with E-state index in [2.05, 4.69) is 5.32 Å². The topological polar surface area (TPSA) is 58.3 Å². The Morgan fingerprint density at radius 3 is 2.40 bits per heavy atom. The molecule has 0 amide bonds. The van der Waals surface area contributed by atoms with Gasteiger partial charge in [0.05, 0.1) is 16.9 Å². The molecule has 0 fully saturated rings. The molecule has 6 heteroatoms. The van der Waals surface area contributed by atoms with E-state index in [4.69, 9.17) is 10.8 Å². The van der Waals surface area contributed by atoms with Crippen LogP contribution in [0.2, 0.25) is 0 Å². The Balaban J connectivity index is 2.70. The molecule has 0 bridgehead atoms. The van der Waals surface area contributed by atoms with Gasteiger partial charge in [-0.2, -0.15) is 13.2 Å². The minimum absolute atomic E-state index is 0.0716. The quantitative estimate of drug-likeness (QED) is 0.703. The maximum Gasteiger partial charge on any atom is 0.416 e. The third kappa shape index (κ3) is 4.92. The number of benzene rings is 1. The number of hydrogen-bond acceptors (Lipinski definition) is 3. The van der Waals surface area contributed by atoms with E-state index < -0.39 is 11.7 Å². The Kier molecular flexibility index (Phi) is 5.28. The van der Waals surface area contributed by atoms with Crippen LogP contribution in [0.3, 0.4) is 0 Å². The van der Waals surface area contributed by atoms with E-state index >= 15 is 0 Å².